The van der Waals surface area contributed by atoms with Crippen LogP contribution in [-0.2, 0) is 6.54 Å². The first-order valence-electron chi connectivity index (χ1n) is 6.63. The number of hydrogen-bond donors (Lipinski definition) is 1. The third kappa shape index (κ3) is 2.88. The highest BCUT2D eigenvalue weighted by atomic mass is 19.3. The van der Waals surface area contributed by atoms with Crippen LogP contribution in [0.4, 0.5) is 8.78 Å². The molecule has 2 rings (SSSR count). The summed E-state index contributed by atoms with van der Waals surface area (Å²) < 4.78 is 26.2. The molecule has 5 heteroatoms. The van der Waals surface area contributed by atoms with Crippen molar-refractivity contribution >= 4 is 0 Å². The van der Waals surface area contributed by atoms with Gasteiger partial charge in [-0.05, 0) is 18.3 Å². The molecule has 1 heterocycles. The number of rotatable bonds is 4. The molecule has 3 nitrogen and oxygen atoms in total. The van der Waals surface area contributed by atoms with E-state index < -0.39 is 6.55 Å². The van der Waals surface area contributed by atoms with Crippen LogP contribution in [0.5, 0.6) is 0 Å². The van der Waals surface area contributed by atoms with Gasteiger partial charge in [0.1, 0.15) is 5.82 Å². The summed E-state index contributed by atoms with van der Waals surface area (Å²) in [7, 11) is 0. The Morgan fingerprint density at radius 1 is 1.44 bits per heavy atom. The number of hydrogen-bond acceptors (Lipinski definition) is 2. The van der Waals surface area contributed by atoms with E-state index in [1.165, 1.54) is 25.2 Å². The molecule has 1 saturated carbocycles. The zero-order valence-corrected chi connectivity index (χ0v) is 10.9. The number of nitrogens with one attached hydrogen (secondary N) is 1. The summed E-state index contributed by atoms with van der Waals surface area (Å²) in [6.07, 6.45) is 6.36. The SMILES string of the molecule is CC1CCCC(NCc2nccn2C(F)F)C1C. The molecule has 1 aromatic heterocycles. The van der Waals surface area contributed by atoms with Crippen LogP contribution < -0.4 is 5.32 Å². The molecule has 0 radical (unpaired) electrons. The molecular weight excluding hydrogens is 236 g/mol. The zero-order valence-electron chi connectivity index (χ0n) is 10.9. The quantitative estimate of drug-likeness (QED) is 0.897. The van der Waals surface area contributed by atoms with Crippen molar-refractivity contribution in [1.82, 2.24) is 14.9 Å². The molecule has 0 amide bonds. The van der Waals surface area contributed by atoms with Gasteiger partial charge in [-0.25, -0.2) is 4.98 Å². The fourth-order valence-electron chi connectivity index (χ4n) is 2.75. The fourth-order valence-corrected chi connectivity index (χ4v) is 2.75. The van der Waals surface area contributed by atoms with Crippen LogP contribution in [-0.4, -0.2) is 15.6 Å². The van der Waals surface area contributed by atoms with E-state index in [1.807, 2.05) is 0 Å². The first kappa shape index (κ1) is 13.5. The Morgan fingerprint density at radius 3 is 2.94 bits per heavy atom. The molecule has 0 bridgehead atoms. The van der Waals surface area contributed by atoms with E-state index in [2.05, 4.69) is 24.1 Å². The minimum atomic E-state index is -2.51. The predicted molar refractivity (Wildman–Crippen MR) is 66.3 cm³/mol. The second-order valence-electron chi connectivity index (χ2n) is 5.28. The van der Waals surface area contributed by atoms with E-state index in [9.17, 15) is 8.78 Å². The zero-order chi connectivity index (χ0) is 13.1. The summed E-state index contributed by atoms with van der Waals surface area (Å²) in [5.74, 6) is 1.70. The van der Waals surface area contributed by atoms with Crippen molar-refractivity contribution in [3.05, 3.63) is 18.2 Å². The van der Waals surface area contributed by atoms with Crippen LogP contribution in [0.25, 0.3) is 0 Å². The molecule has 18 heavy (non-hydrogen) atoms. The third-order valence-electron chi connectivity index (χ3n) is 4.19. The van der Waals surface area contributed by atoms with Gasteiger partial charge >= 0.3 is 6.55 Å². The molecule has 0 spiro atoms. The molecule has 1 aliphatic rings. The van der Waals surface area contributed by atoms with Crippen LogP contribution in [0.2, 0.25) is 0 Å². The highest BCUT2D eigenvalue weighted by Crippen LogP contribution is 2.29. The molecule has 3 atom stereocenters. The number of halogens is 2. The fraction of sp³-hybridized carbons (Fsp3) is 0.769. The van der Waals surface area contributed by atoms with Gasteiger partial charge in [0, 0.05) is 18.4 Å². The highest BCUT2D eigenvalue weighted by molar-refractivity contribution is 4.94. The van der Waals surface area contributed by atoms with Crippen molar-refractivity contribution in [3.8, 4) is 0 Å². The van der Waals surface area contributed by atoms with Crippen molar-refractivity contribution in [2.45, 2.75) is 52.2 Å². The van der Waals surface area contributed by atoms with E-state index in [4.69, 9.17) is 0 Å². The third-order valence-corrected chi connectivity index (χ3v) is 4.19. The Morgan fingerprint density at radius 2 is 2.22 bits per heavy atom. The van der Waals surface area contributed by atoms with E-state index in [0.717, 1.165) is 11.0 Å². The summed E-state index contributed by atoms with van der Waals surface area (Å²) in [4.78, 5) is 3.99. The van der Waals surface area contributed by atoms with E-state index >= 15 is 0 Å². The number of nitrogens with zero attached hydrogens (tertiary/aromatic N) is 2. The molecule has 1 aromatic rings. The maximum atomic E-state index is 12.7. The van der Waals surface area contributed by atoms with Gasteiger partial charge in [-0.2, -0.15) is 8.78 Å². The Kier molecular flexibility index (Phi) is 4.32. The van der Waals surface area contributed by atoms with Crippen LogP contribution in [0.1, 0.15) is 45.5 Å². The maximum Gasteiger partial charge on any atom is 0.319 e. The maximum absolute atomic E-state index is 12.7. The van der Waals surface area contributed by atoms with Gasteiger partial charge in [-0.3, -0.25) is 4.57 Å². The highest BCUT2D eigenvalue weighted by Gasteiger charge is 2.26. The van der Waals surface area contributed by atoms with Gasteiger partial charge in [0.05, 0.1) is 6.54 Å². The van der Waals surface area contributed by atoms with Crippen LogP contribution in [0, 0.1) is 11.8 Å². The summed E-state index contributed by atoms with van der Waals surface area (Å²) in [6.45, 7) is 2.41. The van der Waals surface area contributed by atoms with Crippen molar-refractivity contribution < 1.29 is 8.78 Å². The van der Waals surface area contributed by atoms with Gasteiger partial charge < -0.3 is 5.32 Å². The lowest BCUT2D eigenvalue weighted by atomic mass is 9.78. The molecule has 102 valence electrons. The predicted octanol–water partition coefficient (Wildman–Crippen LogP) is 3.19. The van der Waals surface area contributed by atoms with Crippen molar-refractivity contribution in [2.75, 3.05) is 0 Å². The van der Waals surface area contributed by atoms with E-state index in [-0.39, 0.29) is 0 Å². The number of aromatic nitrogens is 2. The topological polar surface area (TPSA) is 29.9 Å². The Balaban J connectivity index is 1.92. The van der Waals surface area contributed by atoms with Gasteiger partial charge in [-0.15, -0.1) is 0 Å². The lowest BCUT2D eigenvalue weighted by Crippen LogP contribution is -2.40. The van der Waals surface area contributed by atoms with Crippen molar-refractivity contribution in [3.63, 3.8) is 0 Å². The van der Waals surface area contributed by atoms with Gasteiger partial charge in [0.2, 0.25) is 0 Å². The van der Waals surface area contributed by atoms with Gasteiger partial charge in [0.25, 0.3) is 0 Å². The van der Waals surface area contributed by atoms with Gasteiger partial charge in [0.15, 0.2) is 0 Å². The van der Waals surface area contributed by atoms with E-state index in [1.54, 1.807) is 0 Å². The summed E-state index contributed by atoms with van der Waals surface area (Å²) in [5, 5.41) is 3.38. The minimum Gasteiger partial charge on any atom is -0.307 e. The Labute approximate surface area is 107 Å². The van der Waals surface area contributed by atoms with Crippen LogP contribution in [0.3, 0.4) is 0 Å². The standard InChI is InChI=1S/C13H21F2N3/c1-9-4-3-5-11(10(9)2)17-8-12-16-6-7-18(12)13(14)15/h6-7,9-11,13,17H,3-5,8H2,1-2H3. The second-order valence-corrected chi connectivity index (χ2v) is 5.28. The van der Waals surface area contributed by atoms with Crippen LogP contribution in [0.15, 0.2) is 12.4 Å². The van der Waals surface area contributed by atoms with Crippen molar-refractivity contribution in [1.29, 1.82) is 0 Å². The summed E-state index contributed by atoms with van der Waals surface area (Å²) in [5.41, 5.74) is 0. The van der Waals surface area contributed by atoms with E-state index in [0.29, 0.717) is 30.2 Å². The first-order chi connectivity index (χ1) is 8.59. The smallest absolute Gasteiger partial charge is 0.307 e. The molecular formula is C13H21F2N3. The molecule has 3 unspecified atom stereocenters. The molecule has 0 aliphatic heterocycles. The van der Waals surface area contributed by atoms with Crippen LogP contribution >= 0.6 is 0 Å². The summed E-state index contributed by atoms with van der Waals surface area (Å²) >= 11 is 0. The minimum absolute atomic E-state index is 0.412. The lowest BCUT2D eigenvalue weighted by Gasteiger charge is -2.34. The molecule has 1 N–H and O–H groups in total. The average molecular weight is 257 g/mol. The first-order valence-corrected chi connectivity index (χ1v) is 6.63. The largest absolute Gasteiger partial charge is 0.319 e. The second kappa shape index (κ2) is 5.78. The normalized spacial score (nSPS) is 28.8. The number of alkyl halides is 2. The van der Waals surface area contributed by atoms with Gasteiger partial charge in [-0.1, -0.05) is 26.7 Å². The lowest BCUT2D eigenvalue weighted by molar-refractivity contribution is 0.0660. The molecule has 0 aromatic carbocycles. The molecule has 1 aliphatic carbocycles. The Bertz CT molecular complexity index is 378. The summed E-state index contributed by atoms with van der Waals surface area (Å²) in [6, 6.07) is 0.413. The van der Waals surface area contributed by atoms with Crippen molar-refractivity contribution in [2.24, 2.45) is 11.8 Å². The number of imidazole rings is 1. The molecule has 1 fully saturated rings. The monoisotopic (exact) mass is 257 g/mol. The molecule has 0 saturated heterocycles. The Hall–Kier alpha value is -0.970. The average Bonchev–Trinajstić information content (AvgIpc) is 2.79.